The van der Waals surface area contributed by atoms with Crippen molar-refractivity contribution in [3.05, 3.63) is 75.8 Å². The van der Waals surface area contributed by atoms with Crippen LogP contribution in [0, 0.1) is 10.1 Å². The van der Waals surface area contributed by atoms with Crippen LogP contribution in [0.3, 0.4) is 0 Å². The summed E-state index contributed by atoms with van der Waals surface area (Å²) in [5.74, 6) is -0.341. The average Bonchev–Trinajstić information content (AvgIpc) is 2.95. The fourth-order valence-electron chi connectivity index (χ4n) is 2.83. The number of carbonyl (C=O) groups is 2. The number of hydrogen-bond acceptors (Lipinski definition) is 4. The first kappa shape index (κ1) is 16.6. The lowest BCUT2D eigenvalue weighted by Gasteiger charge is -2.17. The van der Waals surface area contributed by atoms with Gasteiger partial charge in [-0.1, -0.05) is 30.3 Å². The summed E-state index contributed by atoms with van der Waals surface area (Å²) in [5, 5.41) is 13.5. The van der Waals surface area contributed by atoms with Gasteiger partial charge in [-0.2, -0.15) is 0 Å². The van der Waals surface area contributed by atoms with E-state index in [0.29, 0.717) is 18.7 Å². The average molecular weight is 339 g/mol. The van der Waals surface area contributed by atoms with Crippen LogP contribution in [0.5, 0.6) is 0 Å². The molecule has 2 amide bonds. The normalized spacial score (nSPS) is 16.7. The zero-order valence-electron chi connectivity index (χ0n) is 13.4. The number of nitrogens with one attached hydrogen (secondary N) is 1. The zero-order valence-corrected chi connectivity index (χ0v) is 13.4. The van der Waals surface area contributed by atoms with E-state index >= 15 is 0 Å². The molecule has 1 fully saturated rings. The van der Waals surface area contributed by atoms with Crippen LogP contribution in [-0.4, -0.2) is 34.2 Å². The third kappa shape index (κ3) is 4.00. The molecule has 1 atom stereocenters. The van der Waals surface area contributed by atoms with Gasteiger partial charge in [0.15, 0.2) is 0 Å². The van der Waals surface area contributed by atoms with Crippen molar-refractivity contribution in [3.63, 3.8) is 0 Å². The van der Waals surface area contributed by atoms with Gasteiger partial charge >= 0.3 is 0 Å². The molecule has 0 radical (unpaired) electrons. The Morgan fingerprint density at radius 1 is 1.16 bits per heavy atom. The van der Waals surface area contributed by atoms with Crippen LogP contribution in [0.2, 0.25) is 0 Å². The number of likely N-dealkylation sites (tertiary alicyclic amines) is 1. The fourth-order valence-corrected chi connectivity index (χ4v) is 2.83. The Morgan fingerprint density at radius 3 is 2.48 bits per heavy atom. The molecule has 0 saturated carbocycles. The summed E-state index contributed by atoms with van der Waals surface area (Å²) < 4.78 is 0. The summed E-state index contributed by atoms with van der Waals surface area (Å²) in [6.45, 7) is 0.968. The Balaban J connectivity index is 1.59. The van der Waals surface area contributed by atoms with Gasteiger partial charge in [0.1, 0.15) is 0 Å². The van der Waals surface area contributed by atoms with Crippen molar-refractivity contribution in [1.82, 2.24) is 10.2 Å². The maximum Gasteiger partial charge on any atom is 0.269 e. The standard InChI is InChI=1S/C18H17N3O4/c22-17-10-15(12-20(17)11-13-4-2-1-3-5-13)19-18(23)14-6-8-16(9-7-14)21(24)25/h1-9,15H,10-12H2,(H,19,23)/t15-/m1/s1. The Morgan fingerprint density at radius 2 is 1.84 bits per heavy atom. The molecule has 1 saturated heterocycles. The van der Waals surface area contributed by atoms with Crippen LogP contribution in [0.25, 0.3) is 0 Å². The third-order valence-electron chi connectivity index (χ3n) is 4.11. The topological polar surface area (TPSA) is 92.6 Å². The van der Waals surface area contributed by atoms with Gasteiger partial charge in [-0.25, -0.2) is 0 Å². The Kier molecular flexibility index (Phi) is 4.74. The summed E-state index contributed by atoms with van der Waals surface area (Å²) in [4.78, 5) is 36.2. The second-order valence-electron chi connectivity index (χ2n) is 5.94. The highest BCUT2D eigenvalue weighted by Gasteiger charge is 2.30. The first-order valence-electron chi connectivity index (χ1n) is 7.90. The van der Waals surface area contributed by atoms with Crippen LogP contribution >= 0.6 is 0 Å². The van der Waals surface area contributed by atoms with E-state index in [2.05, 4.69) is 5.32 Å². The molecule has 0 unspecified atom stereocenters. The molecule has 1 heterocycles. The number of nitrogens with zero attached hydrogens (tertiary/aromatic N) is 2. The van der Waals surface area contributed by atoms with Crippen LogP contribution < -0.4 is 5.32 Å². The molecular weight excluding hydrogens is 322 g/mol. The lowest BCUT2D eigenvalue weighted by Crippen LogP contribution is -2.37. The van der Waals surface area contributed by atoms with E-state index in [0.717, 1.165) is 5.56 Å². The van der Waals surface area contributed by atoms with Crippen molar-refractivity contribution >= 4 is 17.5 Å². The number of carbonyl (C=O) groups excluding carboxylic acids is 2. The van der Waals surface area contributed by atoms with Crippen molar-refractivity contribution in [1.29, 1.82) is 0 Å². The van der Waals surface area contributed by atoms with Gasteiger partial charge in [0.25, 0.3) is 11.6 Å². The van der Waals surface area contributed by atoms with Gasteiger partial charge in [0.2, 0.25) is 5.91 Å². The molecule has 3 rings (SSSR count). The number of rotatable bonds is 5. The third-order valence-corrected chi connectivity index (χ3v) is 4.11. The molecule has 1 aliphatic rings. The Bertz CT molecular complexity index is 790. The predicted octanol–water partition coefficient (Wildman–Crippen LogP) is 2.13. The SMILES string of the molecule is O=C(N[C@@H]1CC(=O)N(Cc2ccccc2)C1)c1ccc([N+](=O)[O-])cc1. The van der Waals surface area contributed by atoms with Gasteiger partial charge in [-0.05, 0) is 17.7 Å². The summed E-state index contributed by atoms with van der Waals surface area (Å²) >= 11 is 0. The number of nitro benzene ring substituents is 1. The minimum Gasteiger partial charge on any atom is -0.347 e. The number of hydrogen-bond donors (Lipinski definition) is 1. The quantitative estimate of drug-likeness (QED) is 0.667. The number of amides is 2. The highest BCUT2D eigenvalue weighted by molar-refractivity contribution is 5.95. The van der Waals surface area contributed by atoms with Crippen molar-refractivity contribution in [2.24, 2.45) is 0 Å². The minimum absolute atomic E-state index is 0.00199. The summed E-state index contributed by atoms with van der Waals surface area (Å²) in [6.07, 6.45) is 0.256. The molecule has 2 aromatic carbocycles. The lowest BCUT2D eigenvalue weighted by molar-refractivity contribution is -0.384. The fraction of sp³-hybridized carbons (Fsp3) is 0.222. The number of benzene rings is 2. The molecule has 7 heteroatoms. The second-order valence-corrected chi connectivity index (χ2v) is 5.94. The summed E-state index contributed by atoms with van der Waals surface area (Å²) in [5.41, 5.74) is 1.30. The Hall–Kier alpha value is -3.22. The number of non-ortho nitro benzene ring substituents is 1. The van der Waals surface area contributed by atoms with E-state index in [1.165, 1.54) is 24.3 Å². The molecule has 7 nitrogen and oxygen atoms in total. The minimum atomic E-state index is -0.515. The predicted molar refractivity (Wildman–Crippen MR) is 90.8 cm³/mol. The van der Waals surface area contributed by atoms with E-state index in [1.54, 1.807) is 4.90 Å². The maximum atomic E-state index is 12.2. The van der Waals surface area contributed by atoms with Gasteiger partial charge in [-0.15, -0.1) is 0 Å². The highest BCUT2D eigenvalue weighted by Crippen LogP contribution is 2.16. The molecule has 25 heavy (non-hydrogen) atoms. The smallest absolute Gasteiger partial charge is 0.269 e. The monoisotopic (exact) mass is 339 g/mol. The van der Waals surface area contributed by atoms with Crippen LogP contribution in [0.4, 0.5) is 5.69 Å². The van der Waals surface area contributed by atoms with E-state index < -0.39 is 4.92 Å². The van der Waals surface area contributed by atoms with Crippen LogP contribution in [0.1, 0.15) is 22.3 Å². The van der Waals surface area contributed by atoms with Crippen LogP contribution in [-0.2, 0) is 11.3 Å². The van der Waals surface area contributed by atoms with Crippen molar-refractivity contribution in [2.75, 3.05) is 6.54 Å². The van der Waals surface area contributed by atoms with Crippen molar-refractivity contribution in [2.45, 2.75) is 19.0 Å². The van der Waals surface area contributed by atoms with Crippen molar-refractivity contribution < 1.29 is 14.5 Å². The lowest BCUT2D eigenvalue weighted by atomic mass is 10.1. The van der Waals surface area contributed by atoms with Gasteiger partial charge in [-0.3, -0.25) is 19.7 Å². The van der Waals surface area contributed by atoms with E-state index in [-0.39, 0.29) is 30.0 Å². The first-order valence-corrected chi connectivity index (χ1v) is 7.90. The summed E-state index contributed by atoms with van der Waals surface area (Å²) in [7, 11) is 0. The molecule has 1 aliphatic heterocycles. The van der Waals surface area contributed by atoms with E-state index in [4.69, 9.17) is 0 Å². The number of nitro groups is 1. The zero-order chi connectivity index (χ0) is 17.8. The largest absolute Gasteiger partial charge is 0.347 e. The maximum absolute atomic E-state index is 12.2. The van der Waals surface area contributed by atoms with Crippen LogP contribution in [0.15, 0.2) is 54.6 Å². The molecule has 1 N–H and O–H groups in total. The molecule has 0 aromatic heterocycles. The second kappa shape index (κ2) is 7.12. The highest BCUT2D eigenvalue weighted by atomic mass is 16.6. The Labute approximate surface area is 144 Å². The van der Waals surface area contributed by atoms with E-state index in [1.807, 2.05) is 30.3 Å². The van der Waals surface area contributed by atoms with Gasteiger partial charge < -0.3 is 10.2 Å². The van der Waals surface area contributed by atoms with Gasteiger partial charge in [0.05, 0.1) is 11.0 Å². The molecule has 0 spiro atoms. The molecule has 0 bridgehead atoms. The molecule has 128 valence electrons. The molecule has 0 aliphatic carbocycles. The summed E-state index contributed by atoms with van der Waals surface area (Å²) in [6, 6.07) is 14.8. The first-order chi connectivity index (χ1) is 12.0. The van der Waals surface area contributed by atoms with E-state index in [9.17, 15) is 19.7 Å². The molecule has 2 aromatic rings. The van der Waals surface area contributed by atoms with Gasteiger partial charge in [0, 0.05) is 37.2 Å². The van der Waals surface area contributed by atoms with Crippen molar-refractivity contribution in [3.8, 4) is 0 Å². The molecular formula is C18H17N3O4.